The van der Waals surface area contributed by atoms with Gasteiger partial charge in [0.25, 0.3) is 0 Å². The van der Waals surface area contributed by atoms with Crippen molar-refractivity contribution in [3.63, 3.8) is 0 Å². The van der Waals surface area contributed by atoms with Gasteiger partial charge in [0.15, 0.2) is 11.5 Å². The number of benzene rings is 3. The Bertz CT molecular complexity index is 1560. The number of aromatic nitrogens is 1. The molecule has 0 spiro atoms. The van der Waals surface area contributed by atoms with Crippen molar-refractivity contribution in [2.45, 2.75) is 18.9 Å². The first-order chi connectivity index (χ1) is 21.0. The zero-order chi connectivity index (χ0) is 29.8. The molecule has 1 unspecified atom stereocenters. The van der Waals surface area contributed by atoms with Crippen LogP contribution in [-0.2, 0) is 11.2 Å². The van der Waals surface area contributed by atoms with Gasteiger partial charge in [0.05, 0.1) is 34.0 Å². The molecular weight excluding hydrogens is 548 g/mol. The number of anilines is 1. The molecule has 3 heterocycles. The van der Waals surface area contributed by atoms with Gasteiger partial charge in [-0.25, -0.2) is 4.79 Å². The topological polar surface area (TPSA) is 112 Å². The first kappa shape index (κ1) is 28.7. The van der Waals surface area contributed by atoms with Crippen molar-refractivity contribution in [2.24, 2.45) is 0 Å². The number of ether oxygens (including phenoxy) is 5. The number of carbonyl (C=O) groups excluding carboxylic acids is 1. The monoisotopic (exact) mass is 586 g/mol. The van der Waals surface area contributed by atoms with E-state index in [2.05, 4.69) is 9.88 Å². The summed E-state index contributed by atoms with van der Waals surface area (Å²) in [6.45, 7) is 5.49. The van der Waals surface area contributed by atoms with Crippen LogP contribution in [0, 0.1) is 0 Å². The van der Waals surface area contributed by atoms with Crippen molar-refractivity contribution in [1.29, 1.82) is 0 Å². The molecule has 1 saturated heterocycles. The van der Waals surface area contributed by atoms with E-state index in [0.29, 0.717) is 48.3 Å². The second-order valence-corrected chi connectivity index (χ2v) is 10.8. The predicted octanol–water partition coefficient (Wildman–Crippen LogP) is 5.01. The number of nitrogen functional groups attached to an aromatic ring is 1. The van der Waals surface area contributed by atoms with Gasteiger partial charge in [-0.05, 0) is 78.6 Å². The zero-order valence-corrected chi connectivity index (χ0v) is 24.6. The first-order valence-electron chi connectivity index (χ1n) is 14.7. The number of amides is 1. The number of hydrogen-bond donors (Lipinski definition) is 2. The van der Waals surface area contributed by atoms with E-state index in [9.17, 15) is 4.79 Å². The van der Waals surface area contributed by atoms with Gasteiger partial charge < -0.3 is 34.4 Å². The Morgan fingerprint density at radius 1 is 0.953 bits per heavy atom. The standard InChI is InChI=1S/C33H38N4O6/c1-39-24-6-8-25(9-7-24)43-33(38)37-14-12-26-27-21-23(34)5-10-28(27)35-31(26)32(37)22-4-11-29(30(20-22)40-2)42-17-3-13-36-15-18-41-19-16-36/h4-11,20-21,32,35H,3,12-19,34H2,1-2H3. The molecule has 1 atom stereocenters. The van der Waals surface area contributed by atoms with Crippen LogP contribution in [0.2, 0.25) is 0 Å². The summed E-state index contributed by atoms with van der Waals surface area (Å²) < 4.78 is 28.4. The third-order valence-corrected chi connectivity index (χ3v) is 8.13. The lowest BCUT2D eigenvalue weighted by Gasteiger charge is -2.35. The Morgan fingerprint density at radius 3 is 2.51 bits per heavy atom. The number of carbonyl (C=O) groups is 1. The molecular formula is C33H38N4O6. The van der Waals surface area contributed by atoms with Crippen LogP contribution < -0.4 is 24.7 Å². The minimum absolute atomic E-state index is 0.438. The van der Waals surface area contributed by atoms with Crippen molar-refractivity contribution in [3.05, 3.63) is 77.5 Å². The normalized spacial score (nSPS) is 17.0. The molecule has 2 aliphatic heterocycles. The lowest BCUT2D eigenvalue weighted by Crippen LogP contribution is -2.42. The van der Waals surface area contributed by atoms with Crippen LogP contribution in [-0.4, -0.2) is 81.1 Å². The van der Waals surface area contributed by atoms with Crippen molar-refractivity contribution >= 4 is 22.7 Å². The van der Waals surface area contributed by atoms with Gasteiger partial charge in [-0.1, -0.05) is 6.07 Å². The first-order valence-corrected chi connectivity index (χ1v) is 14.7. The summed E-state index contributed by atoms with van der Waals surface area (Å²) in [4.78, 5) is 21.4. The van der Waals surface area contributed by atoms with Gasteiger partial charge in [-0.3, -0.25) is 9.80 Å². The van der Waals surface area contributed by atoms with Crippen molar-refractivity contribution < 1.29 is 28.5 Å². The Morgan fingerprint density at radius 2 is 1.74 bits per heavy atom. The highest BCUT2D eigenvalue weighted by Gasteiger charge is 2.36. The van der Waals surface area contributed by atoms with Crippen molar-refractivity contribution in [3.8, 4) is 23.0 Å². The molecule has 1 aromatic heterocycles. The molecule has 0 saturated carbocycles. The van der Waals surface area contributed by atoms with E-state index in [0.717, 1.165) is 67.0 Å². The maximum absolute atomic E-state index is 13.7. The zero-order valence-electron chi connectivity index (χ0n) is 24.6. The van der Waals surface area contributed by atoms with Crippen molar-refractivity contribution in [1.82, 2.24) is 14.8 Å². The fourth-order valence-electron chi connectivity index (χ4n) is 5.92. The lowest BCUT2D eigenvalue weighted by atomic mass is 9.92. The quantitative estimate of drug-likeness (QED) is 0.208. The van der Waals surface area contributed by atoms with Crippen LogP contribution in [0.25, 0.3) is 10.9 Å². The largest absolute Gasteiger partial charge is 0.497 e. The smallest absolute Gasteiger partial charge is 0.416 e. The van der Waals surface area contributed by atoms with E-state index < -0.39 is 12.1 Å². The second-order valence-electron chi connectivity index (χ2n) is 10.8. The molecule has 10 heteroatoms. The molecule has 226 valence electrons. The van der Waals surface area contributed by atoms with Crippen LogP contribution >= 0.6 is 0 Å². The fourth-order valence-corrected chi connectivity index (χ4v) is 5.92. The van der Waals surface area contributed by atoms with Crippen LogP contribution in [0.15, 0.2) is 60.7 Å². The summed E-state index contributed by atoms with van der Waals surface area (Å²) in [6.07, 6.45) is 1.12. The summed E-state index contributed by atoms with van der Waals surface area (Å²) in [7, 11) is 3.23. The number of nitrogens with zero attached hydrogens (tertiary/aromatic N) is 2. The minimum Gasteiger partial charge on any atom is -0.497 e. The molecule has 1 fully saturated rings. The lowest BCUT2D eigenvalue weighted by molar-refractivity contribution is 0.0357. The molecule has 0 bridgehead atoms. The third-order valence-electron chi connectivity index (χ3n) is 8.13. The van der Waals surface area contributed by atoms with Crippen LogP contribution in [0.4, 0.5) is 10.5 Å². The highest BCUT2D eigenvalue weighted by Crippen LogP contribution is 2.41. The molecule has 1 amide bonds. The van der Waals surface area contributed by atoms with Crippen LogP contribution in [0.1, 0.15) is 29.3 Å². The van der Waals surface area contributed by atoms with E-state index in [1.807, 2.05) is 36.4 Å². The summed E-state index contributed by atoms with van der Waals surface area (Å²) >= 11 is 0. The maximum atomic E-state index is 13.7. The van der Waals surface area contributed by atoms with Gasteiger partial charge in [0.2, 0.25) is 0 Å². The third kappa shape index (κ3) is 6.21. The van der Waals surface area contributed by atoms with Crippen molar-refractivity contribution in [2.75, 3.05) is 66.0 Å². The minimum atomic E-state index is -0.443. The number of H-pyrrole nitrogens is 1. The maximum Gasteiger partial charge on any atom is 0.416 e. The van der Waals surface area contributed by atoms with E-state index in [1.165, 1.54) is 0 Å². The molecule has 6 rings (SSSR count). The number of nitrogens with two attached hydrogens (primary N) is 1. The Balaban J connectivity index is 1.27. The number of aromatic amines is 1. The van der Waals surface area contributed by atoms with E-state index in [-0.39, 0.29) is 0 Å². The SMILES string of the molecule is COc1ccc(OC(=O)N2CCc3c([nH]c4ccc(N)cc34)C2c2ccc(OCCCN3CCOCC3)c(OC)c2)cc1. The molecule has 2 aliphatic rings. The second kappa shape index (κ2) is 12.8. The highest BCUT2D eigenvalue weighted by atomic mass is 16.6. The Hall–Kier alpha value is -4.41. The predicted molar refractivity (Wildman–Crippen MR) is 164 cm³/mol. The number of rotatable bonds is 9. The van der Waals surface area contributed by atoms with Gasteiger partial charge >= 0.3 is 6.09 Å². The molecule has 10 nitrogen and oxygen atoms in total. The van der Waals surface area contributed by atoms with Gasteiger partial charge in [-0.2, -0.15) is 0 Å². The molecule has 43 heavy (non-hydrogen) atoms. The van der Waals surface area contributed by atoms with E-state index >= 15 is 0 Å². The molecule has 4 aromatic rings. The number of fused-ring (bicyclic) bond motifs is 3. The van der Waals surface area contributed by atoms with Crippen LogP contribution in [0.3, 0.4) is 0 Å². The molecule has 3 aromatic carbocycles. The summed E-state index contributed by atoms with van der Waals surface area (Å²) in [5.41, 5.74) is 10.8. The number of hydrogen-bond acceptors (Lipinski definition) is 8. The summed E-state index contributed by atoms with van der Waals surface area (Å²) in [5, 5.41) is 1.07. The fraction of sp³-hybridized carbons (Fsp3) is 0.364. The number of nitrogens with one attached hydrogen (secondary N) is 1. The Kier molecular flexibility index (Phi) is 8.57. The average molecular weight is 587 g/mol. The molecule has 3 N–H and O–H groups in total. The van der Waals surface area contributed by atoms with E-state index in [4.69, 9.17) is 29.4 Å². The summed E-state index contributed by atoms with van der Waals surface area (Å²) in [5.74, 6) is 2.41. The van der Waals surface area contributed by atoms with Gasteiger partial charge in [0, 0.05) is 48.5 Å². The Labute approximate surface area is 251 Å². The summed E-state index contributed by atoms with van der Waals surface area (Å²) in [6, 6.07) is 18.2. The van der Waals surface area contributed by atoms with Gasteiger partial charge in [-0.15, -0.1) is 0 Å². The van der Waals surface area contributed by atoms with Gasteiger partial charge in [0.1, 0.15) is 17.5 Å². The number of morpholine rings is 1. The molecule has 0 radical (unpaired) electrons. The van der Waals surface area contributed by atoms with E-state index in [1.54, 1.807) is 43.4 Å². The molecule has 0 aliphatic carbocycles. The van der Waals surface area contributed by atoms with Crippen LogP contribution in [0.5, 0.6) is 23.0 Å². The number of methoxy groups -OCH3 is 2. The highest BCUT2D eigenvalue weighted by molar-refractivity contribution is 5.88. The average Bonchev–Trinajstić information content (AvgIpc) is 3.41.